The summed E-state index contributed by atoms with van der Waals surface area (Å²) in [6.45, 7) is 1.99. The number of hydrogen-bond acceptors (Lipinski definition) is 4. The predicted octanol–water partition coefficient (Wildman–Crippen LogP) is 2.74. The van der Waals surface area contributed by atoms with Crippen LogP contribution in [0.4, 0.5) is 17.1 Å². The van der Waals surface area contributed by atoms with Gasteiger partial charge in [0.15, 0.2) is 0 Å². The molecule has 0 atom stereocenters. The largest absolute Gasteiger partial charge is 0.326 e. The first-order chi connectivity index (χ1) is 13.3. The molecule has 28 heavy (non-hydrogen) atoms. The molecule has 1 fully saturated rings. The highest BCUT2D eigenvalue weighted by atomic mass is 32.2. The van der Waals surface area contributed by atoms with Gasteiger partial charge in [0.1, 0.15) is 0 Å². The Hall–Kier alpha value is -2.87. The van der Waals surface area contributed by atoms with E-state index in [0.29, 0.717) is 24.3 Å². The lowest BCUT2D eigenvalue weighted by molar-refractivity contribution is -0.119. The Balaban J connectivity index is 1.55. The van der Waals surface area contributed by atoms with E-state index in [1.165, 1.54) is 13.0 Å². The number of sulfonamides is 1. The van der Waals surface area contributed by atoms with E-state index in [-0.39, 0.29) is 22.6 Å². The normalized spacial score (nSPS) is 15.8. The molecule has 2 aromatic carbocycles. The highest BCUT2D eigenvalue weighted by Gasteiger charge is 2.36. The topological polar surface area (TPSA) is 95.6 Å². The fraction of sp³-hybridized carbons (Fsp3) is 0.300. The number of nitrogens with zero attached hydrogens (tertiary/aromatic N) is 1. The molecule has 1 saturated carbocycles. The van der Waals surface area contributed by atoms with Gasteiger partial charge < -0.3 is 10.2 Å². The number of benzene rings is 2. The average Bonchev–Trinajstić information content (AvgIpc) is 3.39. The van der Waals surface area contributed by atoms with Crippen LogP contribution in [-0.2, 0) is 26.0 Å². The van der Waals surface area contributed by atoms with Gasteiger partial charge in [-0.2, -0.15) is 0 Å². The van der Waals surface area contributed by atoms with E-state index in [1.54, 1.807) is 41.3 Å². The van der Waals surface area contributed by atoms with Gasteiger partial charge in [0.05, 0.1) is 10.6 Å². The Morgan fingerprint density at radius 1 is 1.07 bits per heavy atom. The van der Waals surface area contributed by atoms with Crippen LogP contribution in [-0.4, -0.2) is 26.8 Å². The molecule has 4 rings (SSSR count). The van der Waals surface area contributed by atoms with E-state index in [9.17, 15) is 18.0 Å². The van der Waals surface area contributed by atoms with Gasteiger partial charge in [0.2, 0.25) is 11.8 Å². The predicted molar refractivity (Wildman–Crippen MR) is 107 cm³/mol. The number of amides is 2. The van der Waals surface area contributed by atoms with Crippen molar-refractivity contribution < 1.29 is 18.0 Å². The van der Waals surface area contributed by atoms with Crippen molar-refractivity contribution in [1.82, 2.24) is 0 Å². The number of hydrogen-bond donors (Lipinski definition) is 2. The van der Waals surface area contributed by atoms with Crippen LogP contribution in [0.15, 0.2) is 47.4 Å². The van der Waals surface area contributed by atoms with Crippen molar-refractivity contribution in [3.8, 4) is 0 Å². The summed E-state index contributed by atoms with van der Waals surface area (Å²) in [5.41, 5.74) is 2.54. The minimum atomic E-state index is -3.79. The zero-order valence-electron chi connectivity index (χ0n) is 15.4. The van der Waals surface area contributed by atoms with Crippen molar-refractivity contribution in [2.24, 2.45) is 5.92 Å². The molecule has 2 aromatic rings. The molecule has 0 bridgehead atoms. The first-order valence-corrected chi connectivity index (χ1v) is 10.7. The van der Waals surface area contributed by atoms with Crippen LogP contribution < -0.4 is 14.9 Å². The summed E-state index contributed by atoms with van der Waals surface area (Å²) >= 11 is 0. The third-order valence-corrected chi connectivity index (χ3v) is 6.26. The first-order valence-electron chi connectivity index (χ1n) is 9.18. The zero-order valence-corrected chi connectivity index (χ0v) is 16.3. The summed E-state index contributed by atoms with van der Waals surface area (Å²) in [6.07, 6.45) is 2.53. The van der Waals surface area contributed by atoms with Crippen LogP contribution >= 0.6 is 0 Å². The molecule has 1 heterocycles. The second kappa shape index (κ2) is 6.94. The first kappa shape index (κ1) is 18.5. The number of nitrogens with one attached hydrogen (secondary N) is 2. The Labute approximate surface area is 163 Å². The van der Waals surface area contributed by atoms with Crippen molar-refractivity contribution in [3.05, 3.63) is 48.0 Å². The van der Waals surface area contributed by atoms with Gasteiger partial charge in [0.25, 0.3) is 10.0 Å². The lowest BCUT2D eigenvalue weighted by Gasteiger charge is -2.17. The molecule has 0 aromatic heterocycles. The molecule has 7 nitrogen and oxygen atoms in total. The maximum absolute atomic E-state index is 12.8. The van der Waals surface area contributed by atoms with Crippen LogP contribution in [0.1, 0.15) is 25.3 Å². The molecular weight excluding hydrogens is 378 g/mol. The van der Waals surface area contributed by atoms with Gasteiger partial charge in [-0.25, -0.2) is 8.42 Å². The van der Waals surface area contributed by atoms with Crippen LogP contribution in [0.2, 0.25) is 0 Å². The summed E-state index contributed by atoms with van der Waals surface area (Å²) in [6, 6.07) is 11.4. The van der Waals surface area contributed by atoms with Crippen molar-refractivity contribution in [2.45, 2.75) is 31.1 Å². The highest BCUT2D eigenvalue weighted by molar-refractivity contribution is 7.92. The zero-order chi connectivity index (χ0) is 19.9. The van der Waals surface area contributed by atoms with E-state index in [0.717, 1.165) is 24.1 Å². The second-order valence-corrected chi connectivity index (χ2v) is 8.85. The lowest BCUT2D eigenvalue weighted by Crippen LogP contribution is -2.30. The SMILES string of the molecule is CC(=O)Nc1cccc(NS(=O)(=O)c2ccc3c(c2)CCN3C(=O)C2CC2)c1. The van der Waals surface area contributed by atoms with Gasteiger partial charge in [-0.1, -0.05) is 6.07 Å². The van der Waals surface area contributed by atoms with E-state index >= 15 is 0 Å². The molecule has 146 valence electrons. The van der Waals surface area contributed by atoms with Gasteiger partial charge >= 0.3 is 0 Å². The fourth-order valence-corrected chi connectivity index (χ4v) is 4.50. The monoisotopic (exact) mass is 399 g/mol. The van der Waals surface area contributed by atoms with Gasteiger partial charge in [0, 0.05) is 30.8 Å². The standard InChI is InChI=1S/C20H21N3O4S/c1-13(24)21-16-3-2-4-17(12-16)22-28(26,27)18-7-8-19-15(11-18)9-10-23(19)20(25)14-5-6-14/h2-4,7-8,11-12,14,22H,5-6,9-10H2,1H3,(H,21,24). The number of anilines is 3. The summed E-state index contributed by atoms with van der Waals surface area (Å²) < 4.78 is 28.1. The molecule has 1 aliphatic carbocycles. The number of carbonyl (C=O) groups excluding carboxylic acids is 2. The molecular formula is C20H21N3O4S. The fourth-order valence-electron chi connectivity index (χ4n) is 3.40. The number of carbonyl (C=O) groups is 2. The van der Waals surface area contributed by atoms with E-state index in [4.69, 9.17) is 0 Å². The van der Waals surface area contributed by atoms with Crippen LogP contribution in [0.25, 0.3) is 0 Å². The Morgan fingerprint density at radius 3 is 2.54 bits per heavy atom. The minimum Gasteiger partial charge on any atom is -0.326 e. The summed E-state index contributed by atoms with van der Waals surface area (Å²) in [4.78, 5) is 25.5. The maximum Gasteiger partial charge on any atom is 0.261 e. The molecule has 0 radical (unpaired) electrons. The smallest absolute Gasteiger partial charge is 0.261 e. The van der Waals surface area contributed by atoms with E-state index < -0.39 is 10.0 Å². The number of rotatable bonds is 5. The molecule has 1 aliphatic heterocycles. The Kier molecular flexibility index (Phi) is 4.58. The lowest BCUT2D eigenvalue weighted by atomic mass is 10.2. The van der Waals surface area contributed by atoms with Gasteiger partial charge in [-0.15, -0.1) is 0 Å². The Bertz CT molecular complexity index is 1060. The third kappa shape index (κ3) is 3.73. The van der Waals surface area contributed by atoms with Crippen molar-refractivity contribution in [2.75, 3.05) is 21.5 Å². The van der Waals surface area contributed by atoms with Crippen LogP contribution in [0, 0.1) is 5.92 Å². The van der Waals surface area contributed by atoms with Gasteiger partial charge in [-0.3, -0.25) is 14.3 Å². The van der Waals surface area contributed by atoms with Gasteiger partial charge in [-0.05, 0) is 61.2 Å². The highest BCUT2D eigenvalue weighted by Crippen LogP contribution is 2.37. The second-order valence-electron chi connectivity index (χ2n) is 7.17. The molecule has 0 spiro atoms. The molecule has 2 aliphatic rings. The molecule has 0 unspecified atom stereocenters. The molecule has 0 saturated heterocycles. The molecule has 2 N–H and O–H groups in total. The summed E-state index contributed by atoms with van der Waals surface area (Å²) in [5.74, 6) is 0.0399. The van der Waals surface area contributed by atoms with Crippen LogP contribution in [0.3, 0.4) is 0 Å². The Morgan fingerprint density at radius 2 is 1.82 bits per heavy atom. The summed E-state index contributed by atoms with van der Waals surface area (Å²) in [5, 5.41) is 2.62. The quantitative estimate of drug-likeness (QED) is 0.808. The summed E-state index contributed by atoms with van der Waals surface area (Å²) in [7, 11) is -3.79. The third-order valence-electron chi connectivity index (χ3n) is 4.88. The van der Waals surface area contributed by atoms with Crippen molar-refractivity contribution >= 4 is 38.9 Å². The van der Waals surface area contributed by atoms with Crippen molar-refractivity contribution in [3.63, 3.8) is 0 Å². The van der Waals surface area contributed by atoms with E-state index in [1.807, 2.05) is 0 Å². The average molecular weight is 399 g/mol. The van der Waals surface area contributed by atoms with E-state index in [2.05, 4.69) is 10.0 Å². The maximum atomic E-state index is 12.8. The van der Waals surface area contributed by atoms with Crippen LogP contribution in [0.5, 0.6) is 0 Å². The minimum absolute atomic E-state index is 0.131. The molecule has 8 heteroatoms. The number of fused-ring (bicyclic) bond motifs is 1. The molecule has 2 amide bonds. The van der Waals surface area contributed by atoms with Crippen molar-refractivity contribution in [1.29, 1.82) is 0 Å².